The van der Waals surface area contributed by atoms with E-state index in [0.29, 0.717) is 12.5 Å². The highest BCUT2D eigenvalue weighted by Crippen LogP contribution is 2.03. The molecule has 3 N–H and O–H groups in total. The molecule has 0 fully saturated rings. The van der Waals surface area contributed by atoms with Crippen LogP contribution < -0.4 is 11.3 Å². The lowest BCUT2D eigenvalue weighted by atomic mass is 10.2. The van der Waals surface area contributed by atoms with Crippen LogP contribution in [0.4, 0.5) is 0 Å². The summed E-state index contributed by atoms with van der Waals surface area (Å²) >= 11 is 0. The Morgan fingerprint density at radius 1 is 1.38 bits per heavy atom. The van der Waals surface area contributed by atoms with E-state index >= 15 is 0 Å². The molecule has 0 bridgehead atoms. The fourth-order valence-electron chi connectivity index (χ4n) is 1.51. The van der Waals surface area contributed by atoms with Crippen LogP contribution in [0.25, 0.3) is 0 Å². The molecule has 0 spiro atoms. The molecule has 0 rings (SSSR count). The van der Waals surface area contributed by atoms with Gasteiger partial charge in [0.1, 0.15) is 0 Å². The number of unbranched alkanes of at least 4 members (excludes halogenated alkanes) is 1. The molecule has 0 aromatic heterocycles. The minimum absolute atomic E-state index is 0.0898. The highest BCUT2D eigenvalue weighted by molar-refractivity contribution is 5.75. The summed E-state index contributed by atoms with van der Waals surface area (Å²) < 4.78 is 5.06. The summed E-state index contributed by atoms with van der Waals surface area (Å²) in [6, 6.07) is 0.512. The lowest BCUT2D eigenvalue weighted by Crippen LogP contribution is -2.35. The van der Waals surface area contributed by atoms with Crippen molar-refractivity contribution in [1.82, 2.24) is 10.3 Å². The summed E-state index contributed by atoms with van der Waals surface area (Å²) in [7, 11) is 1.71. The molecule has 0 aromatic rings. The van der Waals surface area contributed by atoms with Crippen LogP contribution in [0.3, 0.4) is 0 Å². The molecule has 16 heavy (non-hydrogen) atoms. The van der Waals surface area contributed by atoms with Crippen molar-refractivity contribution in [1.29, 1.82) is 0 Å². The van der Waals surface area contributed by atoms with Gasteiger partial charge in [0.2, 0.25) is 5.91 Å². The summed E-state index contributed by atoms with van der Waals surface area (Å²) in [6.45, 7) is 7.03. The number of hydrazine groups is 1. The van der Waals surface area contributed by atoms with Gasteiger partial charge in [-0.2, -0.15) is 0 Å². The SMILES string of the molecule is COCCN(CCCCC(=O)NN)C(C)C. The van der Waals surface area contributed by atoms with Gasteiger partial charge in [0.15, 0.2) is 0 Å². The molecule has 0 radical (unpaired) electrons. The van der Waals surface area contributed by atoms with Crippen LogP contribution in [-0.2, 0) is 9.53 Å². The quantitative estimate of drug-likeness (QED) is 0.262. The van der Waals surface area contributed by atoms with Crippen LogP contribution in [0, 0.1) is 0 Å². The van der Waals surface area contributed by atoms with Crippen molar-refractivity contribution in [3.63, 3.8) is 0 Å². The van der Waals surface area contributed by atoms with E-state index in [0.717, 1.165) is 32.5 Å². The average molecular weight is 231 g/mol. The Labute approximate surface area is 98.3 Å². The van der Waals surface area contributed by atoms with Gasteiger partial charge in [-0.1, -0.05) is 0 Å². The molecule has 0 aliphatic heterocycles. The van der Waals surface area contributed by atoms with Gasteiger partial charge in [-0.05, 0) is 33.2 Å². The molecule has 0 unspecified atom stereocenters. The third kappa shape index (κ3) is 7.62. The molecule has 96 valence electrons. The van der Waals surface area contributed by atoms with E-state index in [1.54, 1.807) is 7.11 Å². The Morgan fingerprint density at radius 2 is 2.06 bits per heavy atom. The summed E-state index contributed by atoms with van der Waals surface area (Å²) in [5.74, 6) is 4.91. The van der Waals surface area contributed by atoms with Crippen LogP contribution in [0.2, 0.25) is 0 Å². The summed E-state index contributed by atoms with van der Waals surface area (Å²) in [5.41, 5.74) is 2.14. The second-order valence-electron chi connectivity index (χ2n) is 4.15. The van der Waals surface area contributed by atoms with E-state index in [4.69, 9.17) is 10.6 Å². The molecule has 0 atom stereocenters. The zero-order chi connectivity index (χ0) is 12.4. The summed E-state index contributed by atoms with van der Waals surface area (Å²) in [6.07, 6.45) is 2.39. The van der Waals surface area contributed by atoms with Gasteiger partial charge in [0.25, 0.3) is 0 Å². The van der Waals surface area contributed by atoms with E-state index in [-0.39, 0.29) is 5.91 Å². The van der Waals surface area contributed by atoms with E-state index in [1.165, 1.54) is 0 Å². The Morgan fingerprint density at radius 3 is 2.56 bits per heavy atom. The molecular weight excluding hydrogens is 206 g/mol. The number of methoxy groups -OCH3 is 1. The van der Waals surface area contributed by atoms with Crippen LogP contribution in [-0.4, -0.2) is 43.7 Å². The maximum atomic E-state index is 10.9. The lowest BCUT2D eigenvalue weighted by Gasteiger charge is -2.25. The molecule has 0 aliphatic carbocycles. The zero-order valence-corrected chi connectivity index (χ0v) is 10.7. The number of amides is 1. The van der Waals surface area contributed by atoms with Crippen molar-refractivity contribution < 1.29 is 9.53 Å². The van der Waals surface area contributed by atoms with Crippen molar-refractivity contribution in [2.45, 2.75) is 39.2 Å². The van der Waals surface area contributed by atoms with Gasteiger partial charge in [-0.15, -0.1) is 0 Å². The predicted molar refractivity (Wildman–Crippen MR) is 64.8 cm³/mol. The van der Waals surface area contributed by atoms with Gasteiger partial charge < -0.3 is 4.74 Å². The second-order valence-corrected chi connectivity index (χ2v) is 4.15. The first-order valence-corrected chi connectivity index (χ1v) is 5.84. The Kier molecular flexibility index (Phi) is 9.18. The molecule has 0 aliphatic rings. The number of rotatable bonds is 9. The topological polar surface area (TPSA) is 67.6 Å². The third-order valence-corrected chi connectivity index (χ3v) is 2.57. The van der Waals surface area contributed by atoms with E-state index in [2.05, 4.69) is 24.2 Å². The lowest BCUT2D eigenvalue weighted by molar-refractivity contribution is -0.121. The van der Waals surface area contributed by atoms with Crippen LogP contribution in [0.5, 0.6) is 0 Å². The van der Waals surface area contributed by atoms with Gasteiger partial charge in [0.05, 0.1) is 6.61 Å². The maximum absolute atomic E-state index is 10.9. The molecule has 0 saturated heterocycles. The Balaban J connectivity index is 3.63. The van der Waals surface area contributed by atoms with E-state index < -0.39 is 0 Å². The van der Waals surface area contributed by atoms with Crippen molar-refractivity contribution in [2.24, 2.45) is 5.84 Å². The number of nitrogens with one attached hydrogen (secondary N) is 1. The fraction of sp³-hybridized carbons (Fsp3) is 0.909. The number of hydrogen-bond donors (Lipinski definition) is 2. The summed E-state index contributed by atoms with van der Waals surface area (Å²) in [4.78, 5) is 13.2. The number of carbonyl (C=O) groups excluding carboxylic acids is 1. The fourth-order valence-corrected chi connectivity index (χ4v) is 1.51. The first-order valence-electron chi connectivity index (χ1n) is 5.84. The highest BCUT2D eigenvalue weighted by Gasteiger charge is 2.08. The van der Waals surface area contributed by atoms with Crippen molar-refractivity contribution >= 4 is 5.91 Å². The highest BCUT2D eigenvalue weighted by atomic mass is 16.5. The molecule has 1 amide bonds. The minimum atomic E-state index is -0.0898. The van der Waals surface area contributed by atoms with Crippen molar-refractivity contribution in [3.8, 4) is 0 Å². The van der Waals surface area contributed by atoms with E-state index in [1.807, 2.05) is 0 Å². The largest absolute Gasteiger partial charge is 0.383 e. The van der Waals surface area contributed by atoms with Gasteiger partial charge in [0, 0.05) is 26.1 Å². The number of nitrogens with two attached hydrogens (primary N) is 1. The van der Waals surface area contributed by atoms with Crippen LogP contribution in [0.1, 0.15) is 33.1 Å². The van der Waals surface area contributed by atoms with Gasteiger partial charge >= 0.3 is 0 Å². The third-order valence-electron chi connectivity index (χ3n) is 2.57. The number of ether oxygens (including phenoxy) is 1. The molecular formula is C11H25N3O2. The smallest absolute Gasteiger partial charge is 0.233 e. The van der Waals surface area contributed by atoms with Crippen LogP contribution in [0.15, 0.2) is 0 Å². The van der Waals surface area contributed by atoms with E-state index in [9.17, 15) is 4.79 Å². The van der Waals surface area contributed by atoms with Crippen molar-refractivity contribution in [2.75, 3.05) is 26.8 Å². The predicted octanol–water partition coefficient (Wildman–Crippen LogP) is 0.503. The van der Waals surface area contributed by atoms with Crippen LogP contribution >= 0.6 is 0 Å². The molecule has 5 nitrogen and oxygen atoms in total. The Bertz CT molecular complexity index is 186. The van der Waals surface area contributed by atoms with Gasteiger partial charge in [-0.25, -0.2) is 5.84 Å². The zero-order valence-electron chi connectivity index (χ0n) is 10.7. The molecule has 5 heteroatoms. The maximum Gasteiger partial charge on any atom is 0.233 e. The average Bonchev–Trinajstić information content (AvgIpc) is 2.27. The summed E-state index contributed by atoms with van der Waals surface area (Å²) in [5, 5.41) is 0. The normalized spacial score (nSPS) is 11.1. The number of hydrogen-bond acceptors (Lipinski definition) is 4. The van der Waals surface area contributed by atoms with Gasteiger partial charge in [-0.3, -0.25) is 15.1 Å². The monoisotopic (exact) mass is 231 g/mol. The number of carbonyl (C=O) groups is 1. The molecule has 0 aromatic carbocycles. The first kappa shape index (κ1) is 15.3. The van der Waals surface area contributed by atoms with Crippen molar-refractivity contribution in [3.05, 3.63) is 0 Å². The number of nitrogens with zero attached hydrogens (tertiary/aromatic N) is 1. The molecule has 0 saturated carbocycles. The standard InChI is InChI=1S/C11H25N3O2/c1-10(2)14(8-9-16-3)7-5-4-6-11(15)13-12/h10H,4-9,12H2,1-3H3,(H,13,15). The Hall–Kier alpha value is -0.650. The second kappa shape index (κ2) is 9.57. The minimum Gasteiger partial charge on any atom is -0.383 e. The molecule has 0 heterocycles. The first-order chi connectivity index (χ1) is 7.61.